The number of hydrogen-bond acceptors (Lipinski definition) is 3. The average Bonchev–Trinajstić information content (AvgIpc) is 2.77. The van der Waals surface area contributed by atoms with Crippen LogP contribution in [0.15, 0.2) is 29.3 Å². The Kier molecular flexibility index (Phi) is 6.10. The Bertz CT molecular complexity index is 593. The maximum Gasteiger partial charge on any atom is 0.320 e. The minimum Gasteiger partial charge on any atom is -0.480 e. The lowest BCUT2D eigenvalue weighted by atomic mass is 10.1. The van der Waals surface area contributed by atoms with E-state index in [1.807, 2.05) is 56.1 Å². The second-order valence-electron chi connectivity index (χ2n) is 4.27. The normalized spacial score (nSPS) is 11.8. The van der Waals surface area contributed by atoms with Crippen LogP contribution in [0, 0.1) is 0 Å². The lowest BCUT2D eigenvalue weighted by molar-refractivity contribution is -0.138. The third kappa shape index (κ3) is 3.35. The molecule has 1 atom stereocenters. The van der Waals surface area contributed by atoms with Gasteiger partial charge in [-0.05, 0) is 24.0 Å². The quantitative estimate of drug-likeness (QED) is 0.851. The number of carbonyl (C=O) groups is 1. The van der Waals surface area contributed by atoms with E-state index in [-0.39, 0.29) is 0 Å². The van der Waals surface area contributed by atoms with Crippen LogP contribution < -0.4 is 5.73 Å². The van der Waals surface area contributed by atoms with E-state index in [1.54, 1.807) is 11.8 Å². The second kappa shape index (κ2) is 7.36. The van der Waals surface area contributed by atoms with E-state index in [2.05, 4.69) is 0 Å². The number of thioether (sulfide) groups is 1. The molecule has 20 heavy (non-hydrogen) atoms. The van der Waals surface area contributed by atoms with Gasteiger partial charge in [0.1, 0.15) is 6.04 Å². The zero-order valence-electron chi connectivity index (χ0n) is 12.4. The molecule has 0 aliphatic heterocycles. The monoisotopic (exact) mass is 294 g/mol. The molecule has 0 fully saturated rings. The van der Waals surface area contributed by atoms with Crippen LogP contribution in [0.4, 0.5) is 0 Å². The predicted octanol–water partition coefficient (Wildman–Crippen LogP) is 2.88. The highest BCUT2D eigenvalue weighted by Crippen LogP contribution is 2.30. The molecular weight excluding hydrogens is 272 g/mol. The first-order valence-electron chi connectivity index (χ1n) is 6.64. The van der Waals surface area contributed by atoms with Crippen LogP contribution in [0.2, 0.25) is 0 Å². The van der Waals surface area contributed by atoms with E-state index < -0.39 is 12.0 Å². The zero-order chi connectivity index (χ0) is 15.3. The molecule has 1 aromatic heterocycles. The molecular formula is C15H22N2O2S. The van der Waals surface area contributed by atoms with Crippen LogP contribution in [0.25, 0.3) is 10.9 Å². The second-order valence-corrected chi connectivity index (χ2v) is 5.12. The highest BCUT2D eigenvalue weighted by Gasteiger charge is 2.17. The van der Waals surface area contributed by atoms with Crippen molar-refractivity contribution in [3.8, 4) is 0 Å². The molecule has 2 rings (SSSR count). The van der Waals surface area contributed by atoms with Gasteiger partial charge in [-0.2, -0.15) is 0 Å². The molecule has 0 amide bonds. The Morgan fingerprint density at radius 3 is 2.65 bits per heavy atom. The number of carboxylic acid groups (broad SMARTS) is 1. The van der Waals surface area contributed by atoms with Crippen molar-refractivity contribution in [1.29, 1.82) is 0 Å². The summed E-state index contributed by atoms with van der Waals surface area (Å²) in [6.45, 7) is 4.00. The molecule has 0 spiro atoms. The van der Waals surface area contributed by atoms with Crippen molar-refractivity contribution < 1.29 is 9.90 Å². The fourth-order valence-corrected chi connectivity index (χ4v) is 2.81. The topological polar surface area (TPSA) is 68.2 Å². The Labute approximate surface area is 124 Å². The highest BCUT2D eigenvalue weighted by molar-refractivity contribution is 7.98. The average molecular weight is 294 g/mol. The maximum atomic E-state index is 10.9. The highest BCUT2D eigenvalue weighted by atomic mass is 32.2. The molecule has 110 valence electrons. The minimum atomic E-state index is -0.964. The third-order valence-electron chi connectivity index (χ3n) is 3.03. The molecule has 2 aromatic rings. The summed E-state index contributed by atoms with van der Waals surface area (Å²) in [6, 6.07) is 5.23. The van der Waals surface area contributed by atoms with Crippen molar-refractivity contribution in [3.05, 3.63) is 30.0 Å². The number of fused-ring (bicyclic) bond motifs is 1. The summed E-state index contributed by atoms with van der Waals surface area (Å²) in [5.41, 5.74) is 7.72. The van der Waals surface area contributed by atoms with Gasteiger partial charge in [0, 0.05) is 35.5 Å². The van der Waals surface area contributed by atoms with E-state index in [1.165, 1.54) is 0 Å². The number of aliphatic carboxylic acids is 1. The number of aryl methyl sites for hydroxylation is 1. The molecule has 3 N–H and O–H groups in total. The van der Waals surface area contributed by atoms with Gasteiger partial charge in [0.2, 0.25) is 0 Å². The molecule has 0 bridgehead atoms. The van der Waals surface area contributed by atoms with Crippen molar-refractivity contribution in [3.63, 3.8) is 0 Å². The number of benzene rings is 1. The van der Waals surface area contributed by atoms with E-state index in [4.69, 9.17) is 10.8 Å². The van der Waals surface area contributed by atoms with Gasteiger partial charge in [-0.3, -0.25) is 4.79 Å². The van der Waals surface area contributed by atoms with Crippen LogP contribution in [0.3, 0.4) is 0 Å². The Hall–Kier alpha value is -1.46. The van der Waals surface area contributed by atoms with Crippen molar-refractivity contribution >= 4 is 28.6 Å². The SMILES string of the molecule is CC.CSc1cccc2c1c(CC(N)C(=O)O)cn2C. The number of rotatable bonds is 4. The third-order valence-corrected chi connectivity index (χ3v) is 3.81. The lowest BCUT2D eigenvalue weighted by Crippen LogP contribution is -2.32. The van der Waals surface area contributed by atoms with Crippen LogP contribution in [0.1, 0.15) is 19.4 Å². The van der Waals surface area contributed by atoms with Gasteiger partial charge in [0.25, 0.3) is 0 Å². The molecule has 5 heteroatoms. The maximum absolute atomic E-state index is 10.9. The zero-order valence-corrected chi connectivity index (χ0v) is 13.2. The molecule has 1 unspecified atom stereocenters. The Balaban J connectivity index is 0.000000956. The molecule has 0 aliphatic rings. The predicted molar refractivity (Wildman–Crippen MR) is 85.4 cm³/mol. The molecule has 0 saturated carbocycles. The Morgan fingerprint density at radius 2 is 2.10 bits per heavy atom. The van der Waals surface area contributed by atoms with Gasteiger partial charge in [0.15, 0.2) is 0 Å². The van der Waals surface area contributed by atoms with Crippen LogP contribution in [-0.2, 0) is 18.3 Å². The number of nitrogens with zero attached hydrogens (tertiary/aromatic N) is 1. The van der Waals surface area contributed by atoms with E-state index in [0.717, 1.165) is 21.4 Å². The molecule has 1 heterocycles. The fraction of sp³-hybridized carbons (Fsp3) is 0.400. The smallest absolute Gasteiger partial charge is 0.320 e. The summed E-state index contributed by atoms with van der Waals surface area (Å²) in [6.07, 6.45) is 4.33. The standard InChI is InChI=1S/C13H16N2O2S.C2H6/c1-15-7-8(6-9(14)13(16)17)12-10(15)4-3-5-11(12)18-2;1-2/h3-5,7,9H,6,14H2,1-2H3,(H,16,17);1-2H3. The van der Waals surface area contributed by atoms with Crippen molar-refractivity contribution in [1.82, 2.24) is 4.57 Å². The van der Waals surface area contributed by atoms with E-state index in [9.17, 15) is 4.79 Å². The Morgan fingerprint density at radius 1 is 1.45 bits per heavy atom. The summed E-state index contributed by atoms with van der Waals surface area (Å²) in [7, 11) is 1.96. The molecule has 4 nitrogen and oxygen atoms in total. The number of hydrogen-bond donors (Lipinski definition) is 2. The summed E-state index contributed by atoms with van der Waals surface area (Å²) >= 11 is 1.66. The van der Waals surface area contributed by atoms with Gasteiger partial charge < -0.3 is 15.4 Å². The van der Waals surface area contributed by atoms with E-state index >= 15 is 0 Å². The van der Waals surface area contributed by atoms with Crippen LogP contribution in [-0.4, -0.2) is 27.9 Å². The lowest BCUT2D eigenvalue weighted by Gasteiger charge is -2.06. The number of carboxylic acids is 1. The van der Waals surface area contributed by atoms with Gasteiger partial charge >= 0.3 is 5.97 Å². The van der Waals surface area contributed by atoms with Gasteiger partial charge in [-0.25, -0.2) is 0 Å². The molecule has 1 aromatic carbocycles. The van der Waals surface area contributed by atoms with Crippen LogP contribution in [0.5, 0.6) is 0 Å². The fourth-order valence-electron chi connectivity index (χ4n) is 2.15. The van der Waals surface area contributed by atoms with Gasteiger partial charge in [-0.1, -0.05) is 19.9 Å². The number of nitrogens with two attached hydrogens (primary N) is 1. The van der Waals surface area contributed by atoms with E-state index in [0.29, 0.717) is 6.42 Å². The first kappa shape index (κ1) is 16.6. The first-order valence-corrected chi connectivity index (χ1v) is 7.86. The number of aromatic nitrogens is 1. The minimum absolute atomic E-state index is 0.351. The van der Waals surface area contributed by atoms with Gasteiger partial charge in [-0.15, -0.1) is 11.8 Å². The van der Waals surface area contributed by atoms with Crippen molar-refractivity contribution in [2.75, 3.05) is 6.26 Å². The van der Waals surface area contributed by atoms with Crippen molar-refractivity contribution in [2.45, 2.75) is 31.2 Å². The molecule has 0 saturated heterocycles. The molecule has 0 radical (unpaired) electrons. The summed E-state index contributed by atoms with van der Waals surface area (Å²) < 4.78 is 2.01. The first-order chi connectivity index (χ1) is 9.54. The van der Waals surface area contributed by atoms with Crippen molar-refractivity contribution in [2.24, 2.45) is 12.8 Å². The van der Waals surface area contributed by atoms with Gasteiger partial charge in [0.05, 0.1) is 0 Å². The van der Waals surface area contributed by atoms with Crippen LogP contribution >= 0.6 is 11.8 Å². The molecule has 0 aliphatic carbocycles. The summed E-state index contributed by atoms with van der Waals surface area (Å²) in [4.78, 5) is 12.0. The summed E-state index contributed by atoms with van der Waals surface area (Å²) in [5, 5.41) is 10.0. The summed E-state index contributed by atoms with van der Waals surface area (Å²) in [5.74, 6) is -0.964. The largest absolute Gasteiger partial charge is 0.480 e.